The maximum absolute atomic E-state index is 9.41. The summed E-state index contributed by atoms with van der Waals surface area (Å²) < 4.78 is 11.0. The van der Waals surface area contributed by atoms with Crippen molar-refractivity contribution in [3.63, 3.8) is 0 Å². The molecular weight excluding hydrogens is 192 g/mol. The number of aliphatic hydroxyl groups is 1. The van der Waals surface area contributed by atoms with Gasteiger partial charge in [0.25, 0.3) is 0 Å². The summed E-state index contributed by atoms with van der Waals surface area (Å²) in [6, 6.07) is 0. The van der Waals surface area contributed by atoms with Crippen LogP contribution in [0.2, 0.25) is 0 Å². The molecule has 0 spiro atoms. The van der Waals surface area contributed by atoms with Crippen molar-refractivity contribution in [2.45, 2.75) is 58.0 Å². The molecule has 3 nitrogen and oxygen atoms in total. The molecule has 1 fully saturated rings. The van der Waals surface area contributed by atoms with E-state index in [1.807, 2.05) is 6.92 Å². The van der Waals surface area contributed by atoms with Crippen LogP contribution >= 0.6 is 0 Å². The van der Waals surface area contributed by atoms with Crippen LogP contribution in [0, 0.1) is 11.8 Å². The predicted molar refractivity (Wildman–Crippen MR) is 58.2 cm³/mol. The molecule has 15 heavy (non-hydrogen) atoms. The highest BCUT2D eigenvalue weighted by molar-refractivity contribution is 5.12. The van der Waals surface area contributed by atoms with Gasteiger partial charge in [0, 0.05) is 6.61 Å². The minimum Gasteiger partial charge on any atom is -0.378 e. The van der Waals surface area contributed by atoms with E-state index in [2.05, 4.69) is 11.8 Å². The molecule has 2 unspecified atom stereocenters. The lowest BCUT2D eigenvalue weighted by Crippen LogP contribution is -2.26. The quantitative estimate of drug-likeness (QED) is 0.708. The first kappa shape index (κ1) is 12.5. The molecule has 0 saturated carbocycles. The summed E-state index contributed by atoms with van der Waals surface area (Å²) in [5, 5.41) is 9.41. The zero-order valence-corrected chi connectivity index (χ0v) is 9.75. The number of hydrogen-bond donors (Lipinski definition) is 1. The molecule has 1 heterocycles. The fraction of sp³-hybridized carbons (Fsp3) is 0.833. The summed E-state index contributed by atoms with van der Waals surface area (Å²) in [4.78, 5) is 0. The monoisotopic (exact) mass is 212 g/mol. The van der Waals surface area contributed by atoms with Gasteiger partial charge in [-0.3, -0.25) is 0 Å². The molecule has 1 aliphatic heterocycles. The number of hydrogen-bond acceptors (Lipinski definition) is 3. The Balaban J connectivity index is 2.33. The largest absolute Gasteiger partial charge is 0.378 e. The van der Waals surface area contributed by atoms with Crippen LogP contribution in [0.3, 0.4) is 0 Å². The van der Waals surface area contributed by atoms with Gasteiger partial charge in [0.15, 0.2) is 6.29 Å². The predicted octanol–water partition coefficient (Wildman–Crippen LogP) is 1.69. The molecule has 1 rings (SSSR count). The Morgan fingerprint density at radius 1 is 1.47 bits per heavy atom. The van der Waals surface area contributed by atoms with Crippen molar-refractivity contribution in [3.05, 3.63) is 0 Å². The summed E-state index contributed by atoms with van der Waals surface area (Å²) in [6.45, 7) is 5.96. The van der Waals surface area contributed by atoms with E-state index >= 15 is 0 Å². The maximum atomic E-state index is 9.41. The van der Waals surface area contributed by atoms with Crippen molar-refractivity contribution in [1.29, 1.82) is 0 Å². The average Bonchev–Trinajstić information content (AvgIpc) is 2.15. The zero-order chi connectivity index (χ0) is 11.3. The van der Waals surface area contributed by atoms with Crippen molar-refractivity contribution in [1.82, 2.24) is 0 Å². The first-order valence-electron chi connectivity index (χ1n) is 5.49. The van der Waals surface area contributed by atoms with E-state index in [4.69, 9.17) is 9.47 Å². The van der Waals surface area contributed by atoms with E-state index in [1.165, 1.54) is 0 Å². The fourth-order valence-corrected chi connectivity index (χ4v) is 1.36. The number of ether oxygens (including phenoxy) is 2. The highest BCUT2D eigenvalue weighted by Crippen LogP contribution is 2.15. The summed E-state index contributed by atoms with van der Waals surface area (Å²) >= 11 is 0. The van der Waals surface area contributed by atoms with Crippen molar-refractivity contribution < 1.29 is 14.6 Å². The summed E-state index contributed by atoms with van der Waals surface area (Å²) in [7, 11) is 0. The summed E-state index contributed by atoms with van der Waals surface area (Å²) in [6.07, 6.45) is 2.89. The molecule has 2 atom stereocenters. The third kappa shape index (κ3) is 5.78. The van der Waals surface area contributed by atoms with Gasteiger partial charge in [-0.05, 0) is 40.0 Å². The molecule has 0 aromatic carbocycles. The molecule has 3 heteroatoms. The fourth-order valence-electron chi connectivity index (χ4n) is 1.36. The molecule has 1 aliphatic rings. The zero-order valence-electron chi connectivity index (χ0n) is 9.75. The lowest BCUT2D eigenvalue weighted by atomic mass is 10.1. The van der Waals surface area contributed by atoms with E-state index in [1.54, 1.807) is 13.8 Å². The number of rotatable bonds is 2. The molecular formula is C12H20O3. The average molecular weight is 212 g/mol. The molecule has 0 aromatic rings. The van der Waals surface area contributed by atoms with Gasteiger partial charge in [-0.25, -0.2) is 0 Å². The third-order valence-corrected chi connectivity index (χ3v) is 2.08. The summed E-state index contributed by atoms with van der Waals surface area (Å²) in [5.41, 5.74) is -0.953. The Bertz CT molecular complexity index is 238. The van der Waals surface area contributed by atoms with Crippen LogP contribution in [-0.2, 0) is 9.47 Å². The van der Waals surface area contributed by atoms with Crippen LogP contribution in [-0.4, -0.2) is 29.7 Å². The Labute approximate surface area is 91.8 Å². The van der Waals surface area contributed by atoms with Gasteiger partial charge in [0.2, 0.25) is 0 Å². The second-order valence-electron chi connectivity index (χ2n) is 4.40. The second-order valence-corrected chi connectivity index (χ2v) is 4.40. The minimum atomic E-state index is -0.953. The van der Waals surface area contributed by atoms with E-state index in [9.17, 15) is 5.11 Å². The van der Waals surface area contributed by atoms with Gasteiger partial charge in [0.1, 0.15) is 11.7 Å². The van der Waals surface area contributed by atoms with Crippen molar-refractivity contribution in [2.24, 2.45) is 0 Å². The second kappa shape index (κ2) is 5.50. The smallest absolute Gasteiger partial charge is 0.159 e. The van der Waals surface area contributed by atoms with Crippen molar-refractivity contribution in [2.75, 3.05) is 6.61 Å². The SMILES string of the molecule is CC(C#CC(C)(C)O)OC1CCCCO1. The van der Waals surface area contributed by atoms with Crippen LogP contribution in [0.5, 0.6) is 0 Å². The molecule has 0 radical (unpaired) electrons. The maximum Gasteiger partial charge on any atom is 0.159 e. The van der Waals surface area contributed by atoms with Gasteiger partial charge in [-0.15, -0.1) is 0 Å². The molecule has 0 aliphatic carbocycles. The molecule has 86 valence electrons. The Kier molecular flexibility index (Phi) is 4.59. The Hall–Kier alpha value is -0.560. The Morgan fingerprint density at radius 3 is 2.73 bits per heavy atom. The lowest BCUT2D eigenvalue weighted by Gasteiger charge is -2.24. The molecule has 1 saturated heterocycles. The highest BCUT2D eigenvalue weighted by atomic mass is 16.7. The van der Waals surface area contributed by atoms with Gasteiger partial charge in [-0.1, -0.05) is 11.8 Å². The van der Waals surface area contributed by atoms with Crippen molar-refractivity contribution in [3.8, 4) is 11.8 Å². The third-order valence-electron chi connectivity index (χ3n) is 2.08. The van der Waals surface area contributed by atoms with Crippen LogP contribution in [0.1, 0.15) is 40.0 Å². The van der Waals surface area contributed by atoms with Gasteiger partial charge in [0.05, 0.1) is 0 Å². The van der Waals surface area contributed by atoms with Gasteiger partial charge < -0.3 is 14.6 Å². The van der Waals surface area contributed by atoms with Crippen LogP contribution in [0.4, 0.5) is 0 Å². The van der Waals surface area contributed by atoms with Crippen LogP contribution < -0.4 is 0 Å². The summed E-state index contributed by atoms with van der Waals surface area (Å²) in [5.74, 6) is 5.60. The molecule has 0 amide bonds. The van der Waals surface area contributed by atoms with Crippen molar-refractivity contribution >= 4 is 0 Å². The van der Waals surface area contributed by atoms with Gasteiger partial charge >= 0.3 is 0 Å². The molecule has 0 aromatic heterocycles. The lowest BCUT2D eigenvalue weighted by molar-refractivity contribution is -0.173. The molecule has 1 N–H and O–H groups in total. The van der Waals surface area contributed by atoms with Crippen LogP contribution in [0.25, 0.3) is 0 Å². The minimum absolute atomic E-state index is 0.121. The molecule has 0 bridgehead atoms. The first-order chi connectivity index (χ1) is 6.97. The van der Waals surface area contributed by atoms with E-state index < -0.39 is 5.60 Å². The van der Waals surface area contributed by atoms with Gasteiger partial charge in [-0.2, -0.15) is 0 Å². The first-order valence-corrected chi connectivity index (χ1v) is 5.49. The topological polar surface area (TPSA) is 38.7 Å². The highest BCUT2D eigenvalue weighted by Gasteiger charge is 2.16. The normalized spacial score (nSPS) is 24.1. The van der Waals surface area contributed by atoms with E-state index in [-0.39, 0.29) is 12.4 Å². The van der Waals surface area contributed by atoms with E-state index in [0.29, 0.717) is 0 Å². The standard InChI is InChI=1S/C12H20O3/c1-10(7-8-12(2,3)13)15-11-6-4-5-9-14-11/h10-11,13H,4-6,9H2,1-3H3. The van der Waals surface area contributed by atoms with E-state index in [0.717, 1.165) is 25.9 Å². The van der Waals surface area contributed by atoms with Crippen LogP contribution in [0.15, 0.2) is 0 Å². The Morgan fingerprint density at radius 2 is 2.20 bits per heavy atom.